The first-order chi connectivity index (χ1) is 10.2. The quantitative estimate of drug-likeness (QED) is 0.937. The van der Waals surface area contributed by atoms with Gasteiger partial charge in [-0.25, -0.2) is 4.98 Å². The molecule has 0 radical (unpaired) electrons. The second-order valence-corrected chi connectivity index (χ2v) is 5.71. The van der Waals surface area contributed by atoms with Crippen LogP contribution in [0.5, 0.6) is 0 Å². The summed E-state index contributed by atoms with van der Waals surface area (Å²) in [7, 11) is 2.19. The summed E-state index contributed by atoms with van der Waals surface area (Å²) in [5.41, 5.74) is 8.20. The number of hydrogen-bond acceptors (Lipinski definition) is 4. The van der Waals surface area contributed by atoms with Crippen LogP contribution < -0.4 is 5.73 Å². The molecule has 21 heavy (non-hydrogen) atoms. The van der Waals surface area contributed by atoms with Gasteiger partial charge in [0, 0.05) is 32.2 Å². The highest BCUT2D eigenvalue weighted by molar-refractivity contribution is 5.29. The largest absolute Gasteiger partial charge is 0.384 e. The normalized spacial score (nSPS) is 20.5. The van der Waals surface area contributed by atoms with Crippen LogP contribution in [0.2, 0.25) is 0 Å². The lowest BCUT2D eigenvalue weighted by atomic mass is 10.0. The van der Waals surface area contributed by atoms with Crippen molar-refractivity contribution in [2.24, 2.45) is 0 Å². The molecule has 1 unspecified atom stereocenters. The fourth-order valence-corrected chi connectivity index (χ4v) is 2.93. The van der Waals surface area contributed by atoms with Gasteiger partial charge in [-0.2, -0.15) is 0 Å². The summed E-state index contributed by atoms with van der Waals surface area (Å²) in [5.74, 6) is 0.595. The second-order valence-electron chi connectivity index (χ2n) is 5.71. The lowest BCUT2D eigenvalue weighted by molar-refractivity contribution is 0.0823. The second kappa shape index (κ2) is 6.24. The molecule has 0 bridgehead atoms. The smallest absolute Gasteiger partial charge is 0.123 e. The number of rotatable bonds is 3. The number of nitrogens with zero attached hydrogens (tertiary/aromatic N) is 3. The minimum atomic E-state index is 0.410. The Hall–Kier alpha value is -1.91. The fraction of sp³-hybridized carbons (Fsp3) is 0.353. The fourth-order valence-electron chi connectivity index (χ4n) is 2.93. The summed E-state index contributed by atoms with van der Waals surface area (Å²) in [6.07, 6.45) is 0. The van der Waals surface area contributed by atoms with Gasteiger partial charge in [0.2, 0.25) is 0 Å². The number of anilines is 1. The van der Waals surface area contributed by atoms with Gasteiger partial charge in [-0.15, -0.1) is 0 Å². The van der Waals surface area contributed by atoms with Crippen LogP contribution in [-0.4, -0.2) is 41.5 Å². The molecule has 0 spiro atoms. The number of benzene rings is 1. The van der Waals surface area contributed by atoms with Gasteiger partial charge in [-0.3, -0.25) is 4.90 Å². The van der Waals surface area contributed by atoms with Crippen molar-refractivity contribution in [2.75, 3.05) is 32.4 Å². The van der Waals surface area contributed by atoms with Crippen LogP contribution in [-0.2, 0) is 6.54 Å². The third kappa shape index (κ3) is 3.40. The van der Waals surface area contributed by atoms with E-state index in [-0.39, 0.29) is 0 Å². The molecule has 3 rings (SSSR count). The molecule has 0 saturated carbocycles. The Labute approximate surface area is 126 Å². The van der Waals surface area contributed by atoms with Crippen LogP contribution in [0.1, 0.15) is 17.3 Å². The van der Waals surface area contributed by atoms with Crippen molar-refractivity contribution < 1.29 is 0 Å². The molecular formula is C17H22N4. The highest BCUT2D eigenvalue weighted by atomic mass is 15.3. The van der Waals surface area contributed by atoms with Gasteiger partial charge in [-0.1, -0.05) is 36.4 Å². The van der Waals surface area contributed by atoms with Crippen molar-refractivity contribution >= 4 is 5.82 Å². The monoisotopic (exact) mass is 282 g/mol. The summed E-state index contributed by atoms with van der Waals surface area (Å²) in [5, 5.41) is 0. The Kier molecular flexibility index (Phi) is 4.18. The highest BCUT2D eigenvalue weighted by Crippen LogP contribution is 2.26. The summed E-state index contributed by atoms with van der Waals surface area (Å²) >= 11 is 0. The van der Waals surface area contributed by atoms with Crippen LogP contribution in [0.3, 0.4) is 0 Å². The van der Waals surface area contributed by atoms with Crippen molar-refractivity contribution in [1.82, 2.24) is 14.8 Å². The molecule has 1 atom stereocenters. The van der Waals surface area contributed by atoms with E-state index in [1.54, 1.807) is 0 Å². The molecule has 1 fully saturated rings. The van der Waals surface area contributed by atoms with E-state index in [0.29, 0.717) is 11.9 Å². The third-order valence-corrected chi connectivity index (χ3v) is 4.07. The average molecular weight is 282 g/mol. The highest BCUT2D eigenvalue weighted by Gasteiger charge is 2.26. The molecule has 0 aliphatic carbocycles. The number of likely N-dealkylation sites (N-methyl/N-ethyl adjacent to an activating group) is 1. The first-order valence-corrected chi connectivity index (χ1v) is 7.41. The van der Waals surface area contributed by atoms with Gasteiger partial charge in [0.15, 0.2) is 0 Å². The van der Waals surface area contributed by atoms with Gasteiger partial charge in [0.05, 0.1) is 5.69 Å². The summed E-state index contributed by atoms with van der Waals surface area (Å²) in [6, 6.07) is 17.0. The van der Waals surface area contributed by atoms with Crippen LogP contribution in [0.4, 0.5) is 5.82 Å². The Morgan fingerprint density at radius 1 is 1.10 bits per heavy atom. The van der Waals surface area contributed by atoms with Gasteiger partial charge >= 0.3 is 0 Å². The Bertz CT molecular complexity index is 584. The summed E-state index contributed by atoms with van der Waals surface area (Å²) < 4.78 is 0. The van der Waals surface area contributed by atoms with Crippen molar-refractivity contribution in [3.8, 4) is 0 Å². The molecule has 1 saturated heterocycles. The zero-order valence-corrected chi connectivity index (χ0v) is 12.4. The maximum atomic E-state index is 5.79. The van der Waals surface area contributed by atoms with Crippen molar-refractivity contribution in [2.45, 2.75) is 12.6 Å². The molecule has 110 valence electrons. The number of nitrogen functional groups attached to an aromatic ring is 1. The average Bonchev–Trinajstić information content (AvgIpc) is 2.50. The predicted octanol–water partition coefficient (Wildman–Crippen LogP) is 2.15. The maximum Gasteiger partial charge on any atom is 0.123 e. The molecule has 2 heterocycles. The lowest BCUT2D eigenvalue weighted by Gasteiger charge is -2.40. The Morgan fingerprint density at radius 2 is 1.90 bits per heavy atom. The number of piperazine rings is 1. The Balaban J connectivity index is 1.81. The van der Waals surface area contributed by atoms with Crippen LogP contribution in [0.25, 0.3) is 0 Å². The number of aromatic nitrogens is 1. The molecule has 4 nitrogen and oxygen atoms in total. The minimum Gasteiger partial charge on any atom is -0.384 e. The van der Waals surface area contributed by atoms with E-state index in [4.69, 9.17) is 5.73 Å². The predicted molar refractivity (Wildman–Crippen MR) is 85.7 cm³/mol. The van der Waals surface area contributed by atoms with E-state index in [1.807, 2.05) is 12.1 Å². The van der Waals surface area contributed by atoms with E-state index < -0.39 is 0 Å². The van der Waals surface area contributed by atoms with Crippen molar-refractivity contribution in [1.29, 1.82) is 0 Å². The van der Waals surface area contributed by atoms with E-state index in [2.05, 4.69) is 58.2 Å². The molecule has 1 aliphatic heterocycles. The first-order valence-electron chi connectivity index (χ1n) is 7.41. The molecule has 1 aromatic heterocycles. The Morgan fingerprint density at radius 3 is 2.67 bits per heavy atom. The van der Waals surface area contributed by atoms with Crippen molar-refractivity contribution in [3.63, 3.8) is 0 Å². The molecule has 2 aromatic rings. The molecule has 2 N–H and O–H groups in total. The van der Waals surface area contributed by atoms with Gasteiger partial charge in [-0.05, 0) is 24.7 Å². The summed E-state index contributed by atoms with van der Waals surface area (Å²) in [6.45, 7) is 4.03. The lowest BCUT2D eigenvalue weighted by Crippen LogP contribution is -2.46. The number of hydrogen-bond donors (Lipinski definition) is 1. The third-order valence-electron chi connectivity index (χ3n) is 4.07. The van der Waals surface area contributed by atoms with Crippen LogP contribution in [0, 0.1) is 0 Å². The zero-order valence-electron chi connectivity index (χ0n) is 12.4. The van der Waals surface area contributed by atoms with Crippen LogP contribution >= 0.6 is 0 Å². The topological polar surface area (TPSA) is 45.4 Å². The SMILES string of the molecule is CN1CCN(Cc2cccc(N)n2)C(c2ccccc2)C1. The van der Waals surface area contributed by atoms with E-state index in [0.717, 1.165) is 31.9 Å². The minimum absolute atomic E-state index is 0.410. The zero-order chi connectivity index (χ0) is 14.7. The molecule has 0 amide bonds. The molecule has 4 heteroatoms. The standard InChI is InChI=1S/C17H22N4/c1-20-10-11-21(12-15-8-5-9-17(18)19-15)16(13-20)14-6-3-2-4-7-14/h2-9,16H,10-13H2,1H3,(H2,18,19). The summed E-state index contributed by atoms with van der Waals surface area (Å²) in [4.78, 5) is 9.32. The van der Waals surface area contributed by atoms with Crippen LogP contribution in [0.15, 0.2) is 48.5 Å². The first kappa shape index (κ1) is 14.0. The van der Waals surface area contributed by atoms with Gasteiger partial charge in [0.25, 0.3) is 0 Å². The molecule has 1 aromatic carbocycles. The molecule has 1 aliphatic rings. The number of nitrogens with two attached hydrogens (primary N) is 1. The maximum absolute atomic E-state index is 5.79. The van der Waals surface area contributed by atoms with Crippen molar-refractivity contribution in [3.05, 3.63) is 59.8 Å². The van der Waals surface area contributed by atoms with E-state index >= 15 is 0 Å². The van der Waals surface area contributed by atoms with Gasteiger partial charge in [0.1, 0.15) is 5.82 Å². The number of pyridine rings is 1. The van der Waals surface area contributed by atoms with Gasteiger partial charge < -0.3 is 10.6 Å². The van der Waals surface area contributed by atoms with E-state index in [9.17, 15) is 0 Å². The van der Waals surface area contributed by atoms with E-state index in [1.165, 1.54) is 5.56 Å². The molecular weight excluding hydrogens is 260 g/mol.